The Labute approximate surface area is 129 Å². The fraction of sp³-hybridized carbons (Fsp3) is 0.733. The molecule has 2 N–H and O–H groups in total. The van der Waals surface area contributed by atoms with E-state index >= 15 is 0 Å². The molecule has 1 fully saturated rings. The molecule has 0 saturated carbocycles. The van der Waals surface area contributed by atoms with Crippen LogP contribution in [0.15, 0.2) is 0 Å². The highest BCUT2D eigenvalue weighted by Gasteiger charge is 2.32. The molecule has 1 saturated heterocycles. The van der Waals surface area contributed by atoms with Gasteiger partial charge in [-0.1, -0.05) is 0 Å². The highest BCUT2D eigenvalue weighted by molar-refractivity contribution is 7.11. The Kier molecular flexibility index (Phi) is 4.57. The first kappa shape index (κ1) is 14.9. The lowest BCUT2D eigenvalue weighted by atomic mass is 10.0. The molecule has 116 valence electrons. The summed E-state index contributed by atoms with van der Waals surface area (Å²) in [5.74, 6) is 0.0547. The number of hydrogen-bond donors (Lipinski definition) is 1. The van der Waals surface area contributed by atoms with E-state index in [1.165, 1.54) is 23.4 Å². The van der Waals surface area contributed by atoms with Gasteiger partial charge in [-0.3, -0.25) is 4.79 Å². The van der Waals surface area contributed by atoms with Gasteiger partial charge in [0.1, 0.15) is 11.1 Å². The number of hydrogen-bond acceptors (Lipinski definition) is 5. The Morgan fingerprint density at radius 1 is 1.43 bits per heavy atom. The van der Waals surface area contributed by atoms with Crippen molar-refractivity contribution in [3.05, 3.63) is 15.6 Å². The molecule has 1 amide bonds. The third-order valence-electron chi connectivity index (χ3n) is 4.28. The number of thiazole rings is 1. The first-order chi connectivity index (χ1) is 10.2. The Bertz CT molecular complexity index is 494. The summed E-state index contributed by atoms with van der Waals surface area (Å²) in [7, 11) is 1.84. The molecule has 1 aromatic heterocycles. The summed E-state index contributed by atoms with van der Waals surface area (Å²) in [4.78, 5) is 20.2. The molecule has 21 heavy (non-hydrogen) atoms. The van der Waals surface area contributed by atoms with Crippen LogP contribution < -0.4 is 5.73 Å². The van der Waals surface area contributed by atoms with Gasteiger partial charge in [0.2, 0.25) is 0 Å². The van der Waals surface area contributed by atoms with E-state index in [0.29, 0.717) is 13.1 Å². The summed E-state index contributed by atoms with van der Waals surface area (Å²) in [6.07, 6.45) is 6.12. The molecule has 1 aromatic rings. The van der Waals surface area contributed by atoms with Crippen LogP contribution in [-0.2, 0) is 28.9 Å². The SMILES string of the molecule is CN(Cc1nc2c(s1)CCCC2)C(=O)[C@@H]1CC[C@H](CN)O1. The van der Waals surface area contributed by atoms with Crippen molar-refractivity contribution in [1.82, 2.24) is 9.88 Å². The van der Waals surface area contributed by atoms with Crippen LogP contribution in [0.2, 0.25) is 0 Å². The summed E-state index contributed by atoms with van der Waals surface area (Å²) < 4.78 is 5.68. The van der Waals surface area contributed by atoms with Crippen molar-refractivity contribution < 1.29 is 9.53 Å². The van der Waals surface area contributed by atoms with E-state index in [1.807, 2.05) is 7.05 Å². The lowest BCUT2D eigenvalue weighted by Crippen LogP contribution is -2.36. The number of nitrogens with two attached hydrogens (primary N) is 1. The first-order valence-corrected chi connectivity index (χ1v) is 8.57. The van der Waals surface area contributed by atoms with Crippen molar-refractivity contribution in [1.29, 1.82) is 0 Å². The van der Waals surface area contributed by atoms with Gasteiger partial charge in [0.05, 0.1) is 18.3 Å². The number of aromatic nitrogens is 1. The van der Waals surface area contributed by atoms with Crippen molar-refractivity contribution in [3.63, 3.8) is 0 Å². The molecule has 0 spiro atoms. The van der Waals surface area contributed by atoms with Gasteiger partial charge in [0.25, 0.3) is 5.91 Å². The van der Waals surface area contributed by atoms with E-state index in [4.69, 9.17) is 15.5 Å². The maximum absolute atomic E-state index is 12.4. The first-order valence-electron chi connectivity index (χ1n) is 7.75. The minimum absolute atomic E-state index is 0.0412. The van der Waals surface area contributed by atoms with Gasteiger partial charge in [0.15, 0.2) is 0 Å². The van der Waals surface area contributed by atoms with Crippen LogP contribution in [0.4, 0.5) is 0 Å². The number of carbonyl (C=O) groups is 1. The number of fused-ring (bicyclic) bond motifs is 1. The minimum atomic E-state index is -0.321. The van der Waals surface area contributed by atoms with E-state index in [1.54, 1.807) is 16.2 Å². The molecule has 0 radical (unpaired) electrons. The van der Waals surface area contributed by atoms with Crippen LogP contribution in [-0.4, -0.2) is 41.6 Å². The van der Waals surface area contributed by atoms with Crippen LogP contribution in [0, 0.1) is 0 Å². The molecule has 6 heteroatoms. The summed E-state index contributed by atoms with van der Waals surface area (Å²) >= 11 is 1.76. The van der Waals surface area contributed by atoms with E-state index in [-0.39, 0.29) is 18.1 Å². The maximum atomic E-state index is 12.4. The van der Waals surface area contributed by atoms with Crippen molar-refractivity contribution in [2.24, 2.45) is 5.73 Å². The van der Waals surface area contributed by atoms with Gasteiger partial charge in [-0.25, -0.2) is 4.98 Å². The molecule has 5 nitrogen and oxygen atoms in total. The van der Waals surface area contributed by atoms with Crippen LogP contribution in [0.5, 0.6) is 0 Å². The summed E-state index contributed by atoms with van der Waals surface area (Å²) in [6.45, 7) is 1.08. The maximum Gasteiger partial charge on any atom is 0.251 e. The molecule has 2 heterocycles. The molecular weight excluding hydrogens is 286 g/mol. The van der Waals surface area contributed by atoms with Crippen molar-refractivity contribution >= 4 is 17.2 Å². The zero-order valence-corrected chi connectivity index (χ0v) is 13.3. The van der Waals surface area contributed by atoms with Crippen LogP contribution in [0.1, 0.15) is 41.3 Å². The quantitative estimate of drug-likeness (QED) is 0.915. The van der Waals surface area contributed by atoms with Gasteiger partial charge >= 0.3 is 0 Å². The van der Waals surface area contributed by atoms with Gasteiger partial charge in [-0.2, -0.15) is 0 Å². The lowest BCUT2D eigenvalue weighted by Gasteiger charge is -2.20. The number of amides is 1. The van der Waals surface area contributed by atoms with Gasteiger partial charge in [0, 0.05) is 18.5 Å². The lowest BCUT2D eigenvalue weighted by molar-refractivity contribution is -0.141. The second-order valence-corrected chi connectivity index (χ2v) is 7.11. The van der Waals surface area contributed by atoms with Crippen molar-refractivity contribution in [2.45, 2.75) is 57.3 Å². The van der Waals surface area contributed by atoms with Gasteiger partial charge in [-0.05, 0) is 38.5 Å². The van der Waals surface area contributed by atoms with Crippen LogP contribution >= 0.6 is 11.3 Å². The van der Waals surface area contributed by atoms with Crippen LogP contribution in [0.25, 0.3) is 0 Å². The highest BCUT2D eigenvalue weighted by Crippen LogP contribution is 2.28. The molecular formula is C15H23N3O2S. The molecule has 2 aliphatic rings. The smallest absolute Gasteiger partial charge is 0.251 e. The highest BCUT2D eigenvalue weighted by atomic mass is 32.1. The Balaban J connectivity index is 1.59. The number of aryl methyl sites for hydroxylation is 2. The minimum Gasteiger partial charge on any atom is -0.364 e. The molecule has 1 aliphatic heterocycles. The number of ether oxygens (including phenoxy) is 1. The third kappa shape index (κ3) is 3.27. The van der Waals surface area contributed by atoms with Gasteiger partial charge < -0.3 is 15.4 Å². The topological polar surface area (TPSA) is 68.5 Å². The fourth-order valence-electron chi connectivity index (χ4n) is 3.06. The van der Waals surface area contributed by atoms with Crippen molar-refractivity contribution in [3.8, 4) is 0 Å². The zero-order chi connectivity index (χ0) is 14.8. The second-order valence-electron chi connectivity index (χ2n) is 5.94. The Morgan fingerprint density at radius 2 is 2.24 bits per heavy atom. The normalized spacial score (nSPS) is 24.9. The Morgan fingerprint density at radius 3 is 2.95 bits per heavy atom. The molecule has 0 bridgehead atoms. The zero-order valence-electron chi connectivity index (χ0n) is 12.5. The van der Waals surface area contributed by atoms with Crippen LogP contribution in [0.3, 0.4) is 0 Å². The van der Waals surface area contributed by atoms with E-state index in [2.05, 4.69) is 0 Å². The average Bonchev–Trinajstić information content (AvgIpc) is 3.12. The number of rotatable bonds is 4. The molecule has 1 aliphatic carbocycles. The van der Waals surface area contributed by atoms with Crippen molar-refractivity contribution in [2.75, 3.05) is 13.6 Å². The summed E-state index contributed by atoms with van der Waals surface area (Å²) in [6, 6.07) is 0. The average molecular weight is 309 g/mol. The van der Waals surface area contributed by atoms with E-state index in [9.17, 15) is 4.79 Å². The van der Waals surface area contributed by atoms with E-state index < -0.39 is 0 Å². The van der Waals surface area contributed by atoms with E-state index in [0.717, 1.165) is 30.7 Å². The predicted octanol–water partition coefficient (Wildman–Crippen LogP) is 1.49. The van der Waals surface area contributed by atoms with Gasteiger partial charge in [-0.15, -0.1) is 11.3 Å². The standard InChI is InChI=1S/C15H23N3O2S/c1-18(15(19)12-7-6-10(8-16)20-12)9-14-17-11-4-2-3-5-13(11)21-14/h10,12H,2-9,16H2,1H3/t10-,12+/m1/s1. The summed E-state index contributed by atoms with van der Waals surface area (Å²) in [5.41, 5.74) is 6.85. The molecule has 0 unspecified atom stereocenters. The molecule has 0 aromatic carbocycles. The third-order valence-corrected chi connectivity index (χ3v) is 5.43. The predicted molar refractivity (Wildman–Crippen MR) is 82.2 cm³/mol. The number of nitrogens with zero attached hydrogens (tertiary/aromatic N) is 2. The molecule has 3 rings (SSSR count). The second kappa shape index (κ2) is 6.42. The number of carbonyl (C=O) groups excluding carboxylic acids is 1. The largest absolute Gasteiger partial charge is 0.364 e. The summed E-state index contributed by atoms with van der Waals surface area (Å²) in [5, 5.41) is 1.05. The fourth-order valence-corrected chi connectivity index (χ4v) is 4.27. The number of likely N-dealkylation sites (N-methyl/N-ethyl adjacent to an activating group) is 1. The monoisotopic (exact) mass is 309 g/mol. The Hall–Kier alpha value is -0.980. The molecule has 2 atom stereocenters.